The predicted molar refractivity (Wildman–Crippen MR) is 103 cm³/mol. The zero-order valence-corrected chi connectivity index (χ0v) is 16.7. The van der Waals surface area contributed by atoms with Gasteiger partial charge in [-0.1, -0.05) is 51.2 Å². The zero-order valence-electron chi connectivity index (χ0n) is 12.4. The van der Waals surface area contributed by atoms with E-state index in [2.05, 4.69) is 45.2 Å². The highest BCUT2D eigenvalue weighted by Gasteiger charge is 2.12. The number of carbonyl (C=O) groups is 2. The quantitative estimate of drug-likeness (QED) is 0.195. The maximum Gasteiger partial charge on any atom is 0.338 e. The Morgan fingerprint density at radius 1 is 0.818 bits per heavy atom. The van der Waals surface area contributed by atoms with E-state index in [9.17, 15) is 9.59 Å². The van der Waals surface area contributed by atoms with Crippen molar-refractivity contribution in [2.24, 2.45) is 0 Å². The highest BCUT2D eigenvalue weighted by atomic mass is 127. The Labute approximate surface area is 158 Å². The van der Waals surface area contributed by atoms with Crippen LogP contribution in [0.2, 0.25) is 0 Å². The molecule has 0 saturated carbocycles. The molecule has 0 fully saturated rings. The monoisotopic (exact) mass is 530 g/mol. The lowest BCUT2D eigenvalue weighted by atomic mass is 10.1. The van der Waals surface area contributed by atoms with E-state index in [1.807, 2.05) is 0 Å². The molecule has 4 nitrogen and oxygen atoms in total. The van der Waals surface area contributed by atoms with Crippen molar-refractivity contribution in [3.8, 4) is 0 Å². The van der Waals surface area contributed by atoms with Crippen LogP contribution in [0.25, 0.3) is 0 Å². The minimum atomic E-state index is -0.395. The van der Waals surface area contributed by atoms with Crippen LogP contribution in [0, 0.1) is 0 Å². The summed E-state index contributed by atoms with van der Waals surface area (Å²) >= 11 is 4.58. The summed E-state index contributed by atoms with van der Waals surface area (Å²) in [6.07, 6.45) is 3.76. The molecule has 1 aromatic carbocycles. The van der Waals surface area contributed by atoms with Gasteiger partial charge in [-0.3, -0.25) is 0 Å². The maximum absolute atomic E-state index is 11.9. The van der Waals surface area contributed by atoms with Crippen molar-refractivity contribution in [1.29, 1.82) is 0 Å². The van der Waals surface area contributed by atoms with Crippen molar-refractivity contribution in [3.63, 3.8) is 0 Å². The summed E-state index contributed by atoms with van der Waals surface area (Å²) in [4.78, 5) is 23.8. The first-order valence-corrected chi connectivity index (χ1v) is 10.3. The number of benzene rings is 1. The van der Waals surface area contributed by atoms with Crippen LogP contribution in [0.3, 0.4) is 0 Å². The molecule has 6 heteroatoms. The van der Waals surface area contributed by atoms with E-state index in [4.69, 9.17) is 9.47 Å². The Balaban J connectivity index is 2.50. The summed E-state index contributed by atoms with van der Waals surface area (Å²) in [7, 11) is 0. The highest BCUT2D eigenvalue weighted by molar-refractivity contribution is 14.1. The second kappa shape index (κ2) is 12.1. The Morgan fingerprint density at radius 2 is 1.27 bits per heavy atom. The first-order valence-electron chi connectivity index (χ1n) is 7.25. The highest BCUT2D eigenvalue weighted by Crippen LogP contribution is 2.09. The summed E-state index contributed by atoms with van der Waals surface area (Å²) < 4.78 is 12.5. The molecule has 0 bridgehead atoms. The lowest BCUT2D eigenvalue weighted by molar-refractivity contribution is 0.0499. The fourth-order valence-corrected chi connectivity index (χ4v) is 2.74. The average molecular weight is 530 g/mol. The summed E-state index contributed by atoms with van der Waals surface area (Å²) in [6.45, 7) is 0.819. The molecule has 0 aliphatic heterocycles. The minimum absolute atomic E-state index is 0.385. The van der Waals surface area contributed by atoms with Crippen LogP contribution in [0.1, 0.15) is 46.4 Å². The van der Waals surface area contributed by atoms with E-state index in [-0.39, 0.29) is 0 Å². The lowest BCUT2D eigenvalue weighted by Gasteiger charge is -2.07. The minimum Gasteiger partial charge on any atom is -0.462 e. The molecule has 22 heavy (non-hydrogen) atoms. The SMILES string of the molecule is O=C(OCCCCI)c1cccc(C(=O)OCCCCI)c1. The number of ether oxygens (including phenoxy) is 2. The van der Waals surface area contributed by atoms with Gasteiger partial charge in [-0.2, -0.15) is 0 Å². The first-order chi connectivity index (χ1) is 10.7. The maximum atomic E-state index is 11.9. The van der Waals surface area contributed by atoms with Crippen molar-refractivity contribution in [2.45, 2.75) is 25.7 Å². The Morgan fingerprint density at radius 3 is 1.68 bits per heavy atom. The normalized spacial score (nSPS) is 10.3. The second-order valence-corrected chi connectivity index (χ2v) is 6.80. The fourth-order valence-electron chi connectivity index (χ4n) is 1.66. The van der Waals surface area contributed by atoms with Gasteiger partial charge in [-0.15, -0.1) is 0 Å². The van der Waals surface area contributed by atoms with E-state index in [1.54, 1.807) is 18.2 Å². The molecule has 0 radical (unpaired) electrons. The van der Waals surface area contributed by atoms with Gasteiger partial charge in [0, 0.05) is 0 Å². The van der Waals surface area contributed by atoms with Crippen molar-refractivity contribution in [1.82, 2.24) is 0 Å². The van der Waals surface area contributed by atoms with Gasteiger partial charge in [0.15, 0.2) is 0 Å². The van der Waals surface area contributed by atoms with Gasteiger partial charge < -0.3 is 9.47 Å². The third kappa shape index (κ3) is 7.75. The van der Waals surface area contributed by atoms with Crippen LogP contribution < -0.4 is 0 Å². The number of esters is 2. The molecule has 1 rings (SSSR count). The second-order valence-electron chi connectivity index (χ2n) is 4.64. The predicted octanol–water partition coefficient (Wildman–Crippen LogP) is 4.43. The Bertz CT molecular complexity index is 438. The molecule has 0 spiro atoms. The van der Waals surface area contributed by atoms with Crippen molar-refractivity contribution < 1.29 is 19.1 Å². The number of unbranched alkanes of at least 4 members (excludes halogenated alkanes) is 2. The number of hydrogen-bond acceptors (Lipinski definition) is 4. The number of halogens is 2. The number of carbonyl (C=O) groups excluding carboxylic acids is 2. The van der Waals surface area contributed by atoms with Crippen LogP contribution in [0.15, 0.2) is 24.3 Å². The largest absolute Gasteiger partial charge is 0.462 e. The zero-order chi connectivity index (χ0) is 16.2. The standard InChI is InChI=1S/C16H20I2O4/c17-8-1-3-10-21-15(19)13-6-5-7-14(12-13)16(20)22-11-4-2-9-18/h5-7,12H,1-4,8-11H2. The number of hydrogen-bond donors (Lipinski definition) is 0. The lowest BCUT2D eigenvalue weighted by Crippen LogP contribution is -2.10. The smallest absolute Gasteiger partial charge is 0.338 e. The van der Waals surface area contributed by atoms with Gasteiger partial charge in [-0.25, -0.2) is 9.59 Å². The fraction of sp³-hybridized carbons (Fsp3) is 0.500. The average Bonchev–Trinajstić information content (AvgIpc) is 2.55. The molecule has 0 amide bonds. The number of alkyl halides is 2. The van der Waals surface area contributed by atoms with Crippen molar-refractivity contribution in [2.75, 3.05) is 22.1 Å². The van der Waals surface area contributed by atoms with E-state index in [0.29, 0.717) is 24.3 Å². The summed E-state index contributed by atoms with van der Waals surface area (Å²) in [5, 5.41) is 0. The van der Waals surface area contributed by atoms with Gasteiger partial charge in [0.25, 0.3) is 0 Å². The van der Waals surface area contributed by atoms with E-state index >= 15 is 0 Å². The molecule has 0 aromatic heterocycles. The molecular formula is C16H20I2O4. The van der Waals surface area contributed by atoms with Crippen LogP contribution >= 0.6 is 45.2 Å². The molecule has 0 heterocycles. The van der Waals surface area contributed by atoms with Crippen LogP contribution in [0.4, 0.5) is 0 Å². The van der Waals surface area contributed by atoms with Gasteiger partial charge in [0.05, 0.1) is 24.3 Å². The van der Waals surface area contributed by atoms with Crippen LogP contribution in [0.5, 0.6) is 0 Å². The van der Waals surface area contributed by atoms with Crippen molar-refractivity contribution in [3.05, 3.63) is 35.4 Å². The molecule has 0 aliphatic rings. The summed E-state index contributed by atoms with van der Waals surface area (Å²) in [6, 6.07) is 6.49. The Kier molecular flexibility index (Phi) is 10.8. The van der Waals surface area contributed by atoms with Gasteiger partial charge >= 0.3 is 11.9 Å². The first kappa shape index (κ1) is 19.7. The van der Waals surface area contributed by atoms with Gasteiger partial charge in [0.1, 0.15) is 0 Å². The third-order valence-electron chi connectivity index (χ3n) is 2.86. The molecule has 0 atom stereocenters. The van der Waals surface area contributed by atoms with E-state index < -0.39 is 11.9 Å². The number of rotatable bonds is 10. The third-order valence-corrected chi connectivity index (χ3v) is 4.38. The van der Waals surface area contributed by atoms with E-state index in [0.717, 1.165) is 34.5 Å². The topological polar surface area (TPSA) is 52.6 Å². The van der Waals surface area contributed by atoms with Crippen molar-refractivity contribution >= 4 is 57.1 Å². The van der Waals surface area contributed by atoms with Crippen LogP contribution in [-0.2, 0) is 9.47 Å². The molecule has 1 aromatic rings. The molecule has 0 aliphatic carbocycles. The van der Waals surface area contributed by atoms with Gasteiger partial charge in [0.2, 0.25) is 0 Å². The summed E-state index contributed by atoms with van der Waals surface area (Å²) in [5.74, 6) is -0.791. The molecular weight excluding hydrogens is 510 g/mol. The molecule has 0 N–H and O–H groups in total. The van der Waals surface area contributed by atoms with Gasteiger partial charge in [-0.05, 0) is 52.7 Å². The van der Waals surface area contributed by atoms with E-state index in [1.165, 1.54) is 6.07 Å². The molecule has 122 valence electrons. The Hall–Kier alpha value is -0.380. The molecule has 0 unspecified atom stereocenters. The molecule has 0 saturated heterocycles. The summed E-state index contributed by atoms with van der Waals surface area (Å²) in [5.41, 5.74) is 0.771. The van der Waals surface area contributed by atoms with Crippen LogP contribution in [-0.4, -0.2) is 34.0 Å².